The van der Waals surface area contributed by atoms with Gasteiger partial charge in [0.1, 0.15) is 0 Å². The van der Waals surface area contributed by atoms with Crippen LogP contribution < -0.4 is 5.32 Å². The first-order valence-electron chi connectivity index (χ1n) is 6.89. The van der Waals surface area contributed by atoms with E-state index in [9.17, 15) is 4.79 Å². The maximum Gasteiger partial charge on any atom is 0.255 e. The highest BCUT2D eigenvalue weighted by Gasteiger charge is 2.09. The van der Waals surface area contributed by atoms with Gasteiger partial charge in [0.2, 0.25) is 0 Å². The second-order valence-electron chi connectivity index (χ2n) is 5.20. The van der Waals surface area contributed by atoms with E-state index < -0.39 is 0 Å². The molecule has 3 rings (SSSR count). The highest BCUT2D eigenvalue weighted by atomic mass is 32.2. The van der Waals surface area contributed by atoms with E-state index in [1.54, 1.807) is 23.1 Å². The van der Waals surface area contributed by atoms with Crippen molar-refractivity contribution in [3.05, 3.63) is 53.1 Å². The van der Waals surface area contributed by atoms with Gasteiger partial charge in [0.25, 0.3) is 5.91 Å². The fourth-order valence-corrected chi connectivity index (χ4v) is 3.91. The fraction of sp³-hybridized carbons (Fsp3) is 0.176. The number of amides is 1. The van der Waals surface area contributed by atoms with E-state index in [0.29, 0.717) is 5.56 Å². The van der Waals surface area contributed by atoms with E-state index in [2.05, 4.69) is 16.4 Å². The van der Waals surface area contributed by atoms with Crippen LogP contribution in [0.25, 0.3) is 10.2 Å². The zero-order chi connectivity index (χ0) is 15.7. The Balaban J connectivity index is 1.87. The van der Waals surface area contributed by atoms with Crippen LogP contribution in [0.5, 0.6) is 0 Å². The average Bonchev–Trinajstić information content (AvgIpc) is 2.88. The molecule has 0 aliphatic heterocycles. The molecule has 0 spiro atoms. The van der Waals surface area contributed by atoms with E-state index in [4.69, 9.17) is 0 Å². The quantitative estimate of drug-likeness (QED) is 0.696. The van der Waals surface area contributed by atoms with Crippen molar-refractivity contribution in [1.29, 1.82) is 0 Å². The molecule has 0 bridgehead atoms. The minimum absolute atomic E-state index is 0.0826. The Kier molecular flexibility index (Phi) is 4.18. The zero-order valence-corrected chi connectivity index (χ0v) is 14.3. The number of hydrogen-bond acceptors (Lipinski definition) is 4. The number of benzene rings is 2. The van der Waals surface area contributed by atoms with Gasteiger partial charge in [-0.2, -0.15) is 0 Å². The molecule has 0 saturated heterocycles. The van der Waals surface area contributed by atoms with Crippen LogP contribution in [0.2, 0.25) is 0 Å². The number of thiazole rings is 1. The van der Waals surface area contributed by atoms with Gasteiger partial charge in [0.15, 0.2) is 4.34 Å². The Morgan fingerprint density at radius 1 is 1.14 bits per heavy atom. The lowest BCUT2D eigenvalue weighted by Gasteiger charge is -2.07. The van der Waals surface area contributed by atoms with Crippen LogP contribution in [0.1, 0.15) is 21.5 Å². The van der Waals surface area contributed by atoms with Gasteiger partial charge in [-0.15, -0.1) is 11.3 Å². The number of aryl methyl sites for hydroxylation is 2. The number of fused-ring (bicyclic) bond motifs is 1. The summed E-state index contributed by atoms with van der Waals surface area (Å²) in [5.41, 5.74) is 4.64. The SMILES string of the molecule is CSc1nc2ccc(NC(=O)c3cc(C)cc(C)c3)cc2s1. The van der Waals surface area contributed by atoms with Gasteiger partial charge in [-0.3, -0.25) is 4.79 Å². The molecule has 0 aliphatic rings. The van der Waals surface area contributed by atoms with Crippen molar-refractivity contribution in [2.75, 3.05) is 11.6 Å². The maximum absolute atomic E-state index is 12.4. The summed E-state index contributed by atoms with van der Waals surface area (Å²) in [6.07, 6.45) is 2.01. The Morgan fingerprint density at radius 3 is 2.55 bits per heavy atom. The minimum Gasteiger partial charge on any atom is -0.322 e. The first-order valence-corrected chi connectivity index (χ1v) is 8.93. The summed E-state index contributed by atoms with van der Waals surface area (Å²) in [6.45, 7) is 3.99. The lowest BCUT2D eigenvalue weighted by Crippen LogP contribution is -2.12. The van der Waals surface area contributed by atoms with Gasteiger partial charge >= 0.3 is 0 Å². The van der Waals surface area contributed by atoms with Crippen molar-refractivity contribution in [1.82, 2.24) is 4.98 Å². The topological polar surface area (TPSA) is 42.0 Å². The lowest BCUT2D eigenvalue weighted by molar-refractivity contribution is 0.102. The predicted octanol–water partition coefficient (Wildman–Crippen LogP) is 4.89. The van der Waals surface area contributed by atoms with Crippen molar-refractivity contribution >= 4 is 44.9 Å². The normalized spacial score (nSPS) is 10.9. The molecule has 3 aromatic rings. The third-order valence-corrected chi connectivity index (χ3v) is 5.29. The van der Waals surface area contributed by atoms with Gasteiger partial charge < -0.3 is 5.32 Å². The molecular weight excluding hydrogens is 312 g/mol. The number of aromatic nitrogens is 1. The molecule has 3 nitrogen and oxygen atoms in total. The fourth-order valence-electron chi connectivity index (χ4n) is 2.38. The minimum atomic E-state index is -0.0826. The van der Waals surface area contributed by atoms with Crippen molar-refractivity contribution in [3.63, 3.8) is 0 Å². The molecule has 1 aromatic heterocycles. The van der Waals surface area contributed by atoms with Crippen molar-refractivity contribution < 1.29 is 4.79 Å². The summed E-state index contributed by atoms with van der Waals surface area (Å²) in [7, 11) is 0. The number of nitrogens with zero attached hydrogens (tertiary/aromatic N) is 1. The molecule has 0 unspecified atom stereocenters. The average molecular weight is 328 g/mol. The van der Waals surface area contributed by atoms with E-state index >= 15 is 0 Å². The second-order valence-corrected chi connectivity index (χ2v) is 7.28. The zero-order valence-electron chi connectivity index (χ0n) is 12.6. The number of carbonyl (C=O) groups excluding carboxylic acids is 1. The largest absolute Gasteiger partial charge is 0.322 e. The summed E-state index contributed by atoms with van der Waals surface area (Å²) in [4.78, 5) is 16.9. The molecule has 1 heterocycles. The summed E-state index contributed by atoms with van der Waals surface area (Å²) < 4.78 is 2.12. The summed E-state index contributed by atoms with van der Waals surface area (Å²) in [5.74, 6) is -0.0826. The van der Waals surface area contributed by atoms with Crippen LogP contribution in [0.4, 0.5) is 5.69 Å². The Hall–Kier alpha value is -1.85. The van der Waals surface area contributed by atoms with Crippen molar-refractivity contribution in [3.8, 4) is 0 Å². The Morgan fingerprint density at radius 2 is 1.86 bits per heavy atom. The predicted molar refractivity (Wildman–Crippen MR) is 95.3 cm³/mol. The smallest absolute Gasteiger partial charge is 0.255 e. The van der Waals surface area contributed by atoms with E-state index in [1.807, 2.05) is 50.4 Å². The van der Waals surface area contributed by atoms with E-state index in [-0.39, 0.29) is 5.91 Å². The van der Waals surface area contributed by atoms with Crippen LogP contribution in [-0.4, -0.2) is 17.1 Å². The van der Waals surface area contributed by atoms with E-state index in [1.165, 1.54) is 0 Å². The second kappa shape index (κ2) is 6.10. The first kappa shape index (κ1) is 15.1. The van der Waals surface area contributed by atoms with Crippen LogP contribution in [0.15, 0.2) is 40.7 Å². The highest BCUT2D eigenvalue weighted by Crippen LogP contribution is 2.30. The first-order chi connectivity index (χ1) is 10.5. The van der Waals surface area contributed by atoms with Gasteiger partial charge in [-0.1, -0.05) is 29.0 Å². The van der Waals surface area contributed by atoms with Gasteiger partial charge in [-0.05, 0) is 50.4 Å². The van der Waals surface area contributed by atoms with Crippen LogP contribution in [0.3, 0.4) is 0 Å². The molecule has 5 heteroatoms. The lowest BCUT2D eigenvalue weighted by atomic mass is 10.1. The number of anilines is 1. The highest BCUT2D eigenvalue weighted by molar-refractivity contribution is 8.00. The molecule has 0 saturated carbocycles. The third kappa shape index (κ3) is 3.15. The molecule has 2 aromatic carbocycles. The van der Waals surface area contributed by atoms with E-state index in [0.717, 1.165) is 31.4 Å². The number of thioether (sulfide) groups is 1. The molecule has 1 amide bonds. The van der Waals surface area contributed by atoms with Crippen LogP contribution in [0, 0.1) is 13.8 Å². The molecule has 0 atom stereocenters. The molecule has 0 fully saturated rings. The van der Waals surface area contributed by atoms with Crippen molar-refractivity contribution in [2.45, 2.75) is 18.2 Å². The van der Waals surface area contributed by atoms with Crippen LogP contribution in [-0.2, 0) is 0 Å². The molecule has 0 radical (unpaired) electrons. The third-order valence-electron chi connectivity index (χ3n) is 3.29. The van der Waals surface area contributed by atoms with Gasteiger partial charge in [0.05, 0.1) is 10.2 Å². The molecule has 22 heavy (non-hydrogen) atoms. The van der Waals surface area contributed by atoms with Crippen molar-refractivity contribution in [2.24, 2.45) is 0 Å². The number of hydrogen-bond donors (Lipinski definition) is 1. The van der Waals surface area contributed by atoms with Gasteiger partial charge in [0, 0.05) is 11.3 Å². The Bertz CT molecular complexity index is 835. The number of carbonyl (C=O) groups is 1. The maximum atomic E-state index is 12.4. The van der Waals surface area contributed by atoms with Crippen LogP contribution >= 0.6 is 23.1 Å². The molecule has 1 N–H and O–H groups in total. The van der Waals surface area contributed by atoms with Gasteiger partial charge in [-0.25, -0.2) is 4.98 Å². The molecule has 112 valence electrons. The number of rotatable bonds is 3. The summed E-state index contributed by atoms with van der Waals surface area (Å²) in [6, 6.07) is 11.7. The monoisotopic (exact) mass is 328 g/mol. The standard InChI is InChI=1S/C17H16N2OS2/c1-10-6-11(2)8-12(7-10)16(20)18-13-4-5-14-15(9-13)22-17(19-14)21-3/h4-9H,1-3H3,(H,18,20). The molecular formula is C17H16N2OS2. The summed E-state index contributed by atoms with van der Waals surface area (Å²) in [5, 5.41) is 2.97. The number of nitrogens with one attached hydrogen (secondary N) is 1. The molecule has 0 aliphatic carbocycles. The Labute approximate surface area is 137 Å². The summed E-state index contributed by atoms with van der Waals surface area (Å²) >= 11 is 3.27.